The average Bonchev–Trinajstić information content (AvgIpc) is 2.99. The molecule has 1 aromatic heterocycles. The molecule has 3 rings (SSSR count). The summed E-state index contributed by atoms with van der Waals surface area (Å²) in [5.74, 6) is 0.148. The van der Waals surface area contributed by atoms with Crippen LogP contribution in [0.5, 0.6) is 0 Å². The zero-order chi connectivity index (χ0) is 11.3. The lowest BCUT2D eigenvalue weighted by molar-refractivity contribution is 0.100. The van der Waals surface area contributed by atoms with Crippen LogP contribution in [-0.4, -0.2) is 10.4 Å². The van der Waals surface area contributed by atoms with Gasteiger partial charge < -0.3 is 4.57 Å². The number of hydrogen-bond donors (Lipinski definition) is 0. The summed E-state index contributed by atoms with van der Waals surface area (Å²) in [4.78, 5) is 11.6. The lowest BCUT2D eigenvalue weighted by atomic mass is 10.2. The molecule has 1 aliphatic carbocycles. The SMILES string of the molecule is CC(=O)c1cc2c(Br)cccc2n1C1CC1. The van der Waals surface area contributed by atoms with Gasteiger partial charge in [-0.15, -0.1) is 0 Å². The molecule has 82 valence electrons. The molecule has 0 spiro atoms. The quantitative estimate of drug-likeness (QED) is 0.762. The predicted octanol–water partition coefficient (Wildman–Crippen LogP) is 3.94. The molecule has 1 fully saturated rings. The second-order valence-electron chi connectivity index (χ2n) is 4.36. The summed E-state index contributed by atoms with van der Waals surface area (Å²) < 4.78 is 3.26. The molecule has 0 aliphatic heterocycles. The Bertz CT molecular complexity index is 581. The highest BCUT2D eigenvalue weighted by molar-refractivity contribution is 9.10. The Kier molecular flexibility index (Phi) is 2.18. The summed E-state index contributed by atoms with van der Waals surface area (Å²) in [6, 6.07) is 8.66. The van der Waals surface area contributed by atoms with E-state index in [1.165, 1.54) is 18.4 Å². The Labute approximate surface area is 102 Å². The van der Waals surface area contributed by atoms with Crippen molar-refractivity contribution < 1.29 is 4.79 Å². The van der Waals surface area contributed by atoms with Crippen molar-refractivity contribution in [1.82, 2.24) is 4.57 Å². The topological polar surface area (TPSA) is 22.0 Å². The van der Waals surface area contributed by atoms with Gasteiger partial charge in [0, 0.05) is 28.3 Å². The Morgan fingerprint density at radius 1 is 1.44 bits per heavy atom. The molecule has 1 aliphatic rings. The molecule has 2 aromatic rings. The summed E-state index contributed by atoms with van der Waals surface area (Å²) in [5, 5.41) is 1.14. The van der Waals surface area contributed by atoms with Crippen LogP contribution in [0.15, 0.2) is 28.7 Å². The van der Waals surface area contributed by atoms with Crippen molar-refractivity contribution in [3.05, 3.63) is 34.4 Å². The maximum Gasteiger partial charge on any atom is 0.176 e. The van der Waals surface area contributed by atoms with Crippen LogP contribution in [-0.2, 0) is 0 Å². The van der Waals surface area contributed by atoms with Crippen molar-refractivity contribution in [3.63, 3.8) is 0 Å². The molecular weight excluding hydrogens is 266 g/mol. The molecule has 1 heterocycles. The van der Waals surface area contributed by atoms with Gasteiger partial charge in [-0.1, -0.05) is 22.0 Å². The number of nitrogens with zero attached hydrogens (tertiary/aromatic N) is 1. The van der Waals surface area contributed by atoms with E-state index in [0.29, 0.717) is 6.04 Å². The van der Waals surface area contributed by atoms with Gasteiger partial charge in [0.25, 0.3) is 0 Å². The van der Waals surface area contributed by atoms with Gasteiger partial charge in [0.15, 0.2) is 5.78 Å². The number of rotatable bonds is 2. The standard InChI is InChI=1S/C13H12BrNO/c1-8(16)13-7-10-11(14)3-2-4-12(10)15(13)9-5-6-9/h2-4,7,9H,5-6H2,1H3. The zero-order valence-electron chi connectivity index (χ0n) is 9.03. The van der Waals surface area contributed by atoms with Crippen molar-refractivity contribution in [1.29, 1.82) is 0 Å². The summed E-state index contributed by atoms with van der Waals surface area (Å²) in [7, 11) is 0. The molecule has 0 radical (unpaired) electrons. The summed E-state index contributed by atoms with van der Waals surface area (Å²) in [6.45, 7) is 1.64. The molecule has 16 heavy (non-hydrogen) atoms. The van der Waals surface area contributed by atoms with Gasteiger partial charge in [0.2, 0.25) is 0 Å². The number of hydrogen-bond acceptors (Lipinski definition) is 1. The monoisotopic (exact) mass is 277 g/mol. The normalized spacial score (nSPS) is 15.6. The first-order valence-electron chi connectivity index (χ1n) is 5.49. The molecular formula is C13H12BrNO. The minimum atomic E-state index is 0.148. The zero-order valence-corrected chi connectivity index (χ0v) is 10.6. The second kappa shape index (κ2) is 3.45. The van der Waals surface area contributed by atoms with Gasteiger partial charge in [0.1, 0.15) is 0 Å². The van der Waals surface area contributed by atoms with Gasteiger partial charge in [-0.3, -0.25) is 4.79 Å². The molecule has 3 heteroatoms. The van der Waals surface area contributed by atoms with Crippen LogP contribution in [0.1, 0.15) is 36.3 Å². The third kappa shape index (κ3) is 1.42. The third-order valence-electron chi connectivity index (χ3n) is 3.10. The van der Waals surface area contributed by atoms with Crippen LogP contribution in [0.4, 0.5) is 0 Å². The molecule has 2 nitrogen and oxygen atoms in total. The van der Waals surface area contributed by atoms with E-state index in [1.807, 2.05) is 18.2 Å². The molecule has 0 unspecified atom stereocenters. The molecule has 0 N–H and O–H groups in total. The Hall–Kier alpha value is -1.09. The highest BCUT2D eigenvalue weighted by atomic mass is 79.9. The number of carbonyl (C=O) groups excluding carboxylic acids is 1. The van der Waals surface area contributed by atoms with Crippen LogP contribution in [0.2, 0.25) is 0 Å². The fraction of sp³-hybridized carbons (Fsp3) is 0.308. The lowest BCUT2D eigenvalue weighted by Crippen LogP contribution is -2.04. The lowest BCUT2D eigenvalue weighted by Gasteiger charge is -2.06. The fourth-order valence-electron chi connectivity index (χ4n) is 2.21. The van der Waals surface area contributed by atoms with E-state index in [0.717, 1.165) is 15.6 Å². The number of benzene rings is 1. The summed E-state index contributed by atoms with van der Waals surface area (Å²) in [6.07, 6.45) is 2.38. The van der Waals surface area contributed by atoms with Crippen LogP contribution in [0.3, 0.4) is 0 Å². The van der Waals surface area contributed by atoms with Crippen molar-refractivity contribution >= 4 is 32.6 Å². The molecule has 0 amide bonds. The first-order chi connectivity index (χ1) is 7.68. The van der Waals surface area contributed by atoms with Gasteiger partial charge in [-0.05, 0) is 31.0 Å². The van der Waals surface area contributed by atoms with Gasteiger partial charge in [-0.2, -0.15) is 0 Å². The van der Waals surface area contributed by atoms with E-state index < -0.39 is 0 Å². The highest BCUT2D eigenvalue weighted by Crippen LogP contribution is 2.40. The number of aromatic nitrogens is 1. The number of ketones is 1. The minimum Gasteiger partial charge on any atom is -0.335 e. The van der Waals surface area contributed by atoms with E-state index in [2.05, 4.69) is 26.6 Å². The van der Waals surface area contributed by atoms with Crippen LogP contribution >= 0.6 is 15.9 Å². The van der Waals surface area contributed by atoms with E-state index in [4.69, 9.17) is 0 Å². The van der Waals surface area contributed by atoms with Crippen molar-refractivity contribution in [2.45, 2.75) is 25.8 Å². The average molecular weight is 278 g/mol. The van der Waals surface area contributed by atoms with E-state index >= 15 is 0 Å². The summed E-state index contributed by atoms with van der Waals surface area (Å²) in [5.41, 5.74) is 2.01. The van der Waals surface area contributed by atoms with Crippen LogP contribution < -0.4 is 0 Å². The van der Waals surface area contributed by atoms with Gasteiger partial charge >= 0.3 is 0 Å². The fourth-order valence-corrected chi connectivity index (χ4v) is 2.68. The first kappa shape index (κ1) is 10.1. The molecule has 0 bridgehead atoms. The number of halogens is 1. The highest BCUT2D eigenvalue weighted by Gasteiger charge is 2.28. The molecule has 0 atom stereocenters. The maximum absolute atomic E-state index is 11.6. The Balaban J connectivity index is 2.37. The van der Waals surface area contributed by atoms with Gasteiger partial charge in [0.05, 0.1) is 5.69 Å². The van der Waals surface area contributed by atoms with Gasteiger partial charge in [-0.25, -0.2) is 0 Å². The van der Waals surface area contributed by atoms with Crippen LogP contribution in [0, 0.1) is 0 Å². The van der Waals surface area contributed by atoms with Crippen molar-refractivity contribution in [2.75, 3.05) is 0 Å². The number of carbonyl (C=O) groups is 1. The number of Topliss-reactive ketones (excluding diaryl/α,β-unsaturated/α-hetero) is 1. The van der Waals surface area contributed by atoms with E-state index in [9.17, 15) is 4.79 Å². The maximum atomic E-state index is 11.6. The largest absolute Gasteiger partial charge is 0.335 e. The first-order valence-corrected chi connectivity index (χ1v) is 6.28. The van der Waals surface area contributed by atoms with E-state index in [-0.39, 0.29) is 5.78 Å². The third-order valence-corrected chi connectivity index (χ3v) is 3.79. The van der Waals surface area contributed by atoms with Crippen molar-refractivity contribution in [2.24, 2.45) is 0 Å². The van der Waals surface area contributed by atoms with Crippen molar-refractivity contribution in [3.8, 4) is 0 Å². The second-order valence-corrected chi connectivity index (χ2v) is 5.21. The molecule has 1 aromatic carbocycles. The van der Waals surface area contributed by atoms with Crippen LogP contribution in [0.25, 0.3) is 10.9 Å². The Morgan fingerprint density at radius 3 is 2.81 bits per heavy atom. The summed E-state index contributed by atoms with van der Waals surface area (Å²) >= 11 is 3.54. The Morgan fingerprint density at radius 2 is 2.19 bits per heavy atom. The predicted molar refractivity (Wildman–Crippen MR) is 67.9 cm³/mol. The molecule has 1 saturated carbocycles. The molecule has 0 saturated heterocycles. The minimum absolute atomic E-state index is 0.148. The number of fused-ring (bicyclic) bond motifs is 1. The van der Waals surface area contributed by atoms with E-state index in [1.54, 1.807) is 6.92 Å². The smallest absolute Gasteiger partial charge is 0.176 e.